The van der Waals surface area contributed by atoms with Crippen LogP contribution in [0.2, 0.25) is 0 Å². The van der Waals surface area contributed by atoms with E-state index in [0.717, 1.165) is 5.56 Å². The van der Waals surface area contributed by atoms with Crippen LogP contribution in [0.1, 0.15) is 24.8 Å². The highest BCUT2D eigenvalue weighted by atomic mass is 16.4. The zero-order valence-electron chi connectivity index (χ0n) is 11.4. The maximum absolute atomic E-state index is 11.7. The minimum absolute atomic E-state index is 0.000240. The molecule has 0 fully saturated rings. The van der Waals surface area contributed by atoms with Gasteiger partial charge in [-0.25, -0.2) is 9.67 Å². The molecule has 110 valence electrons. The minimum atomic E-state index is -0.891. The van der Waals surface area contributed by atoms with Crippen molar-refractivity contribution < 1.29 is 14.7 Å². The number of carbonyl (C=O) groups is 2. The number of aliphatic carboxylic acids is 1. The van der Waals surface area contributed by atoms with Crippen LogP contribution in [0.5, 0.6) is 0 Å². The van der Waals surface area contributed by atoms with E-state index in [4.69, 9.17) is 5.11 Å². The third kappa shape index (κ3) is 5.06. The Hall–Kier alpha value is -2.70. The van der Waals surface area contributed by atoms with Gasteiger partial charge in [0.1, 0.15) is 12.7 Å². The Balaban J connectivity index is 1.88. The fourth-order valence-corrected chi connectivity index (χ4v) is 1.87. The molecular weight excluding hydrogens is 272 g/mol. The zero-order chi connectivity index (χ0) is 15.1. The van der Waals surface area contributed by atoms with Crippen LogP contribution in [0.25, 0.3) is 0 Å². The predicted octanol–water partition coefficient (Wildman–Crippen LogP) is 1.52. The molecule has 0 bridgehead atoms. The van der Waals surface area contributed by atoms with Gasteiger partial charge in [-0.15, -0.1) is 0 Å². The Labute approximate surface area is 121 Å². The van der Waals surface area contributed by atoms with Crippen molar-refractivity contribution in [2.24, 2.45) is 0 Å². The second-order valence-electron chi connectivity index (χ2n) is 4.59. The van der Waals surface area contributed by atoms with Gasteiger partial charge >= 0.3 is 5.97 Å². The quantitative estimate of drug-likeness (QED) is 0.805. The van der Waals surface area contributed by atoms with Gasteiger partial charge in [0.15, 0.2) is 0 Å². The first-order chi connectivity index (χ1) is 10.1. The molecule has 0 atom stereocenters. The van der Waals surface area contributed by atoms with Gasteiger partial charge in [-0.3, -0.25) is 9.59 Å². The van der Waals surface area contributed by atoms with Crippen LogP contribution in [0.15, 0.2) is 36.9 Å². The van der Waals surface area contributed by atoms with E-state index >= 15 is 0 Å². The van der Waals surface area contributed by atoms with Gasteiger partial charge < -0.3 is 10.4 Å². The van der Waals surface area contributed by atoms with Crippen molar-refractivity contribution >= 4 is 17.6 Å². The number of anilines is 1. The molecule has 1 heterocycles. The van der Waals surface area contributed by atoms with Crippen LogP contribution < -0.4 is 5.32 Å². The van der Waals surface area contributed by atoms with Crippen molar-refractivity contribution in [1.82, 2.24) is 14.8 Å². The molecule has 0 spiro atoms. The van der Waals surface area contributed by atoms with Crippen LogP contribution in [0.3, 0.4) is 0 Å². The lowest BCUT2D eigenvalue weighted by Gasteiger charge is -2.07. The molecule has 2 rings (SSSR count). The highest BCUT2D eigenvalue weighted by Gasteiger charge is 2.05. The van der Waals surface area contributed by atoms with Crippen LogP contribution in [0, 0.1) is 0 Å². The van der Waals surface area contributed by atoms with Gasteiger partial charge in [0.2, 0.25) is 5.91 Å². The third-order valence-corrected chi connectivity index (χ3v) is 2.82. The maximum Gasteiger partial charge on any atom is 0.303 e. The van der Waals surface area contributed by atoms with Gasteiger partial charge in [-0.05, 0) is 24.1 Å². The average Bonchev–Trinajstić information content (AvgIpc) is 2.91. The monoisotopic (exact) mass is 288 g/mol. The molecule has 0 aliphatic carbocycles. The minimum Gasteiger partial charge on any atom is -0.481 e. The number of aromatic nitrogens is 3. The summed E-state index contributed by atoms with van der Waals surface area (Å²) in [6.45, 7) is 0.572. The number of hydrogen-bond acceptors (Lipinski definition) is 4. The summed E-state index contributed by atoms with van der Waals surface area (Å²) in [5.41, 5.74) is 1.68. The van der Waals surface area contributed by atoms with Crippen molar-refractivity contribution in [3.8, 4) is 0 Å². The Bertz CT molecular complexity index is 610. The average molecular weight is 288 g/mol. The van der Waals surface area contributed by atoms with E-state index in [1.165, 1.54) is 6.33 Å². The Morgan fingerprint density at radius 3 is 2.86 bits per heavy atom. The number of nitrogens with one attached hydrogen (secondary N) is 1. The van der Waals surface area contributed by atoms with E-state index in [2.05, 4.69) is 15.4 Å². The zero-order valence-corrected chi connectivity index (χ0v) is 11.4. The van der Waals surface area contributed by atoms with Crippen LogP contribution in [-0.2, 0) is 16.1 Å². The number of rotatable bonds is 7. The largest absolute Gasteiger partial charge is 0.481 e. The van der Waals surface area contributed by atoms with Crippen molar-refractivity contribution in [3.05, 3.63) is 42.5 Å². The molecule has 1 aromatic heterocycles. The highest BCUT2D eigenvalue weighted by Crippen LogP contribution is 2.12. The first-order valence-electron chi connectivity index (χ1n) is 6.56. The van der Waals surface area contributed by atoms with E-state index in [1.807, 2.05) is 18.2 Å². The van der Waals surface area contributed by atoms with Gasteiger partial charge in [0, 0.05) is 18.5 Å². The van der Waals surface area contributed by atoms with E-state index in [1.54, 1.807) is 17.1 Å². The first-order valence-corrected chi connectivity index (χ1v) is 6.56. The predicted molar refractivity (Wildman–Crippen MR) is 75.7 cm³/mol. The first kappa shape index (κ1) is 14.7. The van der Waals surface area contributed by atoms with E-state index in [0.29, 0.717) is 18.7 Å². The molecule has 2 N–H and O–H groups in total. The number of nitrogens with zero attached hydrogens (tertiary/aromatic N) is 3. The second-order valence-corrected chi connectivity index (χ2v) is 4.59. The van der Waals surface area contributed by atoms with E-state index in [9.17, 15) is 9.59 Å². The summed E-state index contributed by atoms with van der Waals surface area (Å²) in [7, 11) is 0. The fraction of sp³-hybridized carbons (Fsp3) is 0.286. The molecular formula is C14H16N4O3. The molecule has 0 aliphatic rings. The summed E-state index contributed by atoms with van der Waals surface area (Å²) >= 11 is 0. The Morgan fingerprint density at radius 1 is 1.29 bits per heavy atom. The van der Waals surface area contributed by atoms with Crippen molar-refractivity contribution in [2.45, 2.75) is 25.8 Å². The van der Waals surface area contributed by atoms with Crippen molar-refractivity contribution in [1.29, 1.82) is 0 Å². The summed E-state index contributed by atoms with van der Waals surface area (Å²) in [4.78, 5) is 26.0. The van der Waals surface area contributed by atoms with Gasteiger partial charge in [0.05, 0.1) is 6.54 Å². The topological polar surface area (TPSA) is 97.1 Å². The third-order valence-electron chi connectivity index (χ3n) is 2.82. The summed E-state index contributed by atoms with van der Waals surface area (Å²) < 4.78 is 1.69. The number of hydrogen-bond donors (Lipinski definition) is 2. The van der Waals surface area contributed by atoms with Crippen LogP contribution >= 0.6 is 0 Å². The molecule has 1 aromatic carbocycles. The summed E-state index contributed by atoms with van der Waals surface area (Å²) in [5, 5.41) is 15.3. The number of carbonyl (C=O) groups excluding carboxylic acids is 1. The van der Waals surface area contributed by atoms with E-state index in [-0.39, 0.29) is 18.7 Å². The van der Waals surface area contributed by atoms with Gasteiger partial charge in [-0.1, -0.05) is 12.1 Å². The number of carboxylic acids is 1. The maximum atomic E-state index is 11.7. The smallest absolute Gasteiger partial charge is 0.303 e. The van der Waals surface area contributed by atoms with Gasteiger partial charge in [-0.2, -0.15) is 5.10 Å². The standard InChI is InChI=1S/C14H16N4O3/c19-13(5-2-6-14(20)21)17-12-4-1-3-11(7-12)8-18-10-15-9-16-18/h1,3-4,7,9-10H,2,5-6,8H2,(H,17,19)(H,20,21). The van der Waals surface area contributed by atoms with Crippen LogP contribution in [0.4, 0.5) is 5.69 Å². The molecule has 21 heavy (non-hydrogen) atoms. The van der Waals surface area contributed by atoms with Crippen molar-refractivity contribution in [2.75, 3.05) is 5.32 Å². The lowest BCUT2D eigenvalue weighted by molar-refractivity contribution is -0.137. The highest BCUT2D eigenvalue weighted by molar-refractivity contribution is 5.90. The molecule has 7 heteroatoms. The molecule has 0 unspecified atom stereocenters. The molecule has 2 aromatic rings. The molecule has 0 saturated heterocycles. The van der Waals surface area contributed by atoms with E-state index < -0.39 is 5.97 Å². The summed E-state index contributed by atoms with van der Waals surface area (Å²) in [6.07, 6.45) is 3.62. The number of benzene rings is 1. The van der Waals surface area contributed by atoms with Crippen LogP contribution in [-0.4, -0.2) is 31.7 Å². The van der Waals surface area contributed by atoms with Gasteiger partial charge in [0.25, 0.3) is 0 Å². The van der Waals surface area contributed by atoms with Crippen molar-refractivity contribution in [3.63, 3.8) is 0 Å². The Morgan fingerprint density at radius 2 is 2.14 bits per heavy atom. The lowest BCUT2D eigenvalue weighted by atomic mass is 10.2. The summed E-state index contributed by atoms with van der Waals surface area (Å²) in [6, 6.07) is 7.43. The molecule has 0 radical (unpaired) electrons. The number of carboxylic acid groups (broad SMARTS) is 1. The lowest BCUT2D eigenvalue weighted by Crippen LogP contribution is -2.12. The molecule has 1 amide bonds. The normalized spacial score (nSPS) is 10.3. The fourth-order valence-electron chi connectivity index (χ4n) is 1.87. The molecule has 0 aliphatic heterocycles. The SMILES string of the molecule is O=C(O)CCCC(=O)Nc1cccc(Cn2cncn2)c1. The second kappa shape index (κ2) is 7.18. The summed E-state index contributed by atoms with van der Waals surface area (Å²) in [5.74, 6) is -1.08. The molecule has 7 nitrogen and oxygen atoms in total. The Kier molecular flexibility index (Phi) is 5.03. The molecule has 0 saturated carbocycles. The number of amides is 1.